The van der Waals surface area contributed by atoms with Crippen molar-refractivity contribution in [2.24, 2.45) is 0 Å². The van der Waals surface area contributed by atoms with Crippen molar-refractivity contribution in [3.8, 4) is 0 Å². The predicted octanol–water partition coefficient (Wildman–Crippen LogP) is 0.985. The zero-order valence-electron chi connectivity index (χ0n) is 6.21. The molecular formula is C6H10O3S. The number of carbonyl (C=O) groups is 1. The Labute approximate surface area is 64.1 Å². The van der Waals surface area contributed by atoms with Crippen LogP contribution in [0.15, 0.2) is 0 Å². The molecule has 1 atom stereocenters. The second-order valence-electron chi connectivity index (χ2n) is 2.51. The van der Waals surface area contributed by atoms with Gasteiger partial charge in [-0.3, -0.25) is 0 Å². The van der Waals surface area contributed by atoms with Crippen LogP contribution in [0.5, 0.6) is 0 Å². The minimum absolute atomic E-state index is 0.280. The summed E-state index contributed by atoms with van der Waals surface area (Å²) >= 11 is 1.35. The standard InChI is InChI=1S/C6H10O3S/c1-6(2)8-4(7)5(9-6)10-3/h5H,1-3H3/t5-/m0/s1. The van der Waals surface area contributed by atoms with Crippen molar-refractivity contribution < 1.29 is 14.3 Å². The van der Waals surface area contributed by atoms with Gasteiger partial charge < -0.3 is 9.47 Å². The Bertz CT molecular complexity index is 155. The Morgan fingerprint density at radius 2 is 2.20 bits per heavy atom. The number of hydrogen-bond acceptors (Lipinski definition) is 4. The smallest absolute Gasteiger partial charge is 0.348 e. The van der Waals surface area contributed by atoms with Crippen LogP contribution in [0.1, 0.15) is 13.8 Å². The summed E-state index contributed by atoms with van der Waals surface area (Å²) in [5.41, 5.74) is -0.435. The van der Waals surface area contributed by atoms with Crippen molar-refractivity contribution in [3.63, 3.8) is 0 Å². The maximum atomic E-state index is 10.9. The fourth-order valence-corrected chi connectivity index (χ4v) is 1.33. The van der Waals surface area contributed by atoms with Crippen LogP contribution >= 0.6 is 11.8 Å². The highest BCUT2D eigenvalue weighted by atomic mass is 32.2. The topological polar surface area (TPSA) is 35.5 Å². The number of ether oxygens (including phenoxy) is 2. The van der Waals surface area contributed by atoms with Crippen molar-refractivity contribution in [2.45, 2.75) is 25.1 Å². The van der Waals surface area contributed by atoms with E-state index in [1.807, 2.05) is 6.26 Å². The van der Waals surface area contributed by atoms with Crippen LogP contribution in [0.2, 0.25) is 0 Å². The van der Waals surface area contributed by atoms with E-state index in [1.54, 1.807) is 13.8 Å². The van der Waals surface area contributed by atoms with Crippen LogP contribution in [0.25, 0.3) is 0 Å². The van der Waals surface area contributed by atoms with E-state index in [0.29, 0.717) is 0 Å². The van der Waals surface area contributed by atoms with Crippen molar-refractivity contribution >= 4 is 17.7 Å². The molecule has 1 fully saturated rings. The molecule has 0 saturated carbocycles. The summed E-state index contributed by atoms with van der Waals surface area (Å²) in [5, 5.41) is 0. The lowest BCUT2D eigenvalue weighted by atomic mass is 10.4. The van der Waals surface area contributed by atoms with E-state index >= 15 is 0 Å². The molecule has 0 aromatic carbocycles. The van der Waals surface area contributed by atoms with Gasteiger partial charge in [0.05, 0.1) is 0 Å². The molecule has 0 aliphatic carbocycles. The number of thioether (sulfide) groups is 1. The van der Waals surface area contributed by atoms with E-state index in [1.165, 1.54) is 11.8 Å². The molecule has 0 aromatic rings. The quantitative estimate of drug-likeness (QED) is 0.538. The van der Waals surface area contributed by atoms with Gasteiger partial charge in [-0.1, -0.05) is 0 Å². The van der Waals surface area contributed by atoms with E-state index in [4.69, 9.17) is 9.47 Å². The van der Waals surface area contributed by atoms with E-state index in [2.05, 4.69) is 0 Å². The van der Waals surface area contributed by atoms with Crippen LogP contribution < -0.4 is 0 Å². The lowest BCUT2D eigenvalue weighted by molar-refractivity contribution is -0.159. The third kappa shape index (κ3) is 1.44. The predicted molar refractivity (Wildman–Crippen MR) is 38.6 cm³/mol. The van der Waals surface area contributed by atoms with Gasteiger partial charge in [-0.2, -0.15) is 0 Å². The van der Waals surface area contributed by atoms with E-state index in [-0.39, 0.29) is 5.97 Å². The van der Waals surface area contributed by atoms with E-state index < -0.39 is 11.2 Å². The molecule has 0 bridgehead atoms. The summed E-state index contributed by atoms with van der Waals surface area (Å²) in [6, 6.07) is 0. The monoisotopic (exact) mass is 162 g/mol. The molecule has 3 nitrogen and oxygen atoms in total. The van der Waals surface area contributed by atoms with Crippen molar-refractivity contribution in [1.29, 1.82) is 0 Å². The normalized spacial score (nSPS) is 30.3. The third-order valence-corrected chi connectivity index (χ3v) is 1.86. The van der Waals surface area contributed by atoms with Gasteiger partial charge in [-0.25, -0.2) is 4.79 Å². The second kappa shape index (κ2) is 2.43. The first kappa shape index (κ1) is 7.88. The summed E-state index contributed by atoms with van der Waals surface area (Å²) in [6.45, 7) is 3.45. The van der Waals surface area contributed by atoms with Gasteiger partial charge in [0.1, 0.15) is 0 Å². The fraction of sp³-hybridized carbons (Fsp3) is 0.833. The first-order chi connectivity index (χ1) is 4.55. The van der Waals surface area contributed by atoms with E-state index in [0.717, 1.165) is 0 Å². The summed E-state index contributed by atoms with van der Waals surface area (Å²) in [6.07, 6.45) is 1.81. The number of carbonyl (C=O) groups excluding carboxylic acids is 1. The van der Waals surface area contributed by atoms with Crippen LogP contribution in [0, 0.1) is 0 Å². The first-order valence-electron chi connectivity index (χ1n) is 2.98. The molecule has 0 amide bonds. The van der Waals surface area contributed by atoms with Crippen molar-refractivity contribution in [3.05, 3.63) is 0 Å². The molecule has 1 aliphatic heterocycles. The highest BCUT2D eigenvalue weighted by molar-refractivity contribution is 7.99. The Balaban J connectivity index is 2.61. The number of rotatable bonds is 1. The zero-order valence-corrected chi connectivity index (χ0v) is 7.03. The maximum Gasteiger partial charge on any atom is 0.348 e. The molecule has 0 radical (unpaired) electrons. The minimum Gasteiger partial charge on any atom is -0.431 e. The Hall–Kier alpha value is -0.220. The van der Waals surface area contributed by atoms with Gasteiger partial charge in [-0.15, -0.1) is 11.8 Å². The molecule has 58 valence electrons. The van der Waals surface area contributed by atoms with Crippen LogP contribution in [0.4, 0.5) is 0 Å². The number of cyclic esters (lactones) is 1. The zero-order chi connectivity index (χ0) is 7.78. The first-order valence-corrected chi connectivity index (χ1v) is 4.27. The molecule has 0 N–H and O–H groups in total. The fourth-order valence-electron chi connectivity index (χ4n) is 0.765. The molecule has 1 aliphatic rings. The molecule has 0 unspecified atom stereocenters. The maximum absolute atomic E-state index is 10.9. The minimum atomic E-state index is -0.731. The van der Waals surface area contributed by atoms with Gasteiger partial charge in [0.25, 0.3) is 0 Å². The Morgan fingerprint density at radius 3 is 2.40 bits per heavy atom. The number of hydrogen-bond donors (Lipinski definition) is 0. The molecule has 1 heterocycles. The summed E-state index contributed by atoms with van der Waals surface area (Å²) in [4.78, 5) is 10.9. The molecule has 1 rings (SSSR count). The summed E-state index contributed by atoms with van der Waals surface area (Å²) < 4.78 is 10.1. The average molecular weight is 162 g/mol. The highest BCUT2D eigenvalue weighted by Gasteiger charge is 2.40. The van der Waals surface area contributed by atoms with Crippen LogP contribution in [0.3, 0.4) is 0 Å². The molecule has 0 aromatic heterocycles. The van der Waals surface area contributed by atoms with Gasteiger partial charge in [0, 0.05) is 13.8 Å². The third-order valence-electron chi connectivity index (χ3n) is 1.14. The van der Waals surface area contributed by atoms with Crippen molar-refractivity contribution in [2.75, 3.05) is 6.26 Å². The van der Waals surface area contributed by atoms with Gasteiger partial charge >= 0.3 is 5.97 Å². The Morgan fingerprint density at radius 1 is 1.60 bits per heavy atom. The van der Waals surface area contributed by atoms with E-state index in [9.17, 15) is 4.79 Å². The summed E-state index contributed by atoms with van der Waals surface area (Å²) in [5.74, 6) is -1.01. The molecule has 4 heteroatoms. The largest absolute Gasteiger partial charge is 0.431 e. The molecule has 10 heavy (non-hydrogen) atoms. The average Bonchev–Trinajstić information content (AvgIpc) is 2.05. The molecule has 1 saturated heterocycles. The Kier molecular flexibility index (Phi) is 1.92. The SMILES string of the molecule is CS[C@@H]1OC(C)(C)OC1=O. The lowest BCUT2D eigenvalue weighted by Gasteiger charge is -2.14. The van der Waals surface area contributed by atoms with Gasteiger partial charge in [-0.05, 0) is 6.26 Å². The molecule has 0 spiro atoms. The summed E-state index contributed by atoms with van der Waals surface area (Å²) in [7, 11) is 0. The lowest BCUT2D eigenvalue weighted by Crippen LogP contribution is -2.20. The van der Waals surface area contributed by atoms with Crippen molar-refractivity contribution in [1.82, 2.24) is 0 Å². The molecular weight excluding hydrogens is 152 g/mol. The number of esters is 1. The van der Waals surface area contributed by atoms with Gasteiger partial charge in [0.2, 0.25) is 11.2 Å². The van der Waals surface area contributed by atoms with Gasteiger partial charge in [0.15, 0.2) is 0 Å². The highest BCUT2D eigenvalue weighted by Crippen LogP contribution is 2.28. The second-order valence-corrected chi connectivity index (χ2v) is 3.41. The van der Waals surface area contributed by atoms with Crippen LogP contribution in [-0.4, -0.2) is 23.4 Å². The van der Waals surface area contributed by atoms with Crippen LogP contribution in [-0.2, 0) is 14.3 Å².